The third-order valence-electron chi connectivity index (χ3n) is 2.81. The molecule has 0 saturated heterocycles. The first-order chi connectivity index (χ1) is 11.2. The van der Waals surface area contributed by atoms with E-state index in [-0.39, 0.29) is 13.2 Å². The Balaban J connectivity index is 4.66. The number of nitrogens with two attached hydrogens (primary N) is 1. The highest BCUT2D eigenvalue weighted by atomic mass is 16.5. The minimum atomic E-state index is -0.566. The van der Waals surface area contributed by atoms with Crippen LogP contribution in [0, 0.1) is 33.5 Å². The molecule has 0 bridgehead atoms. The standard InChI is InChI=1S/C15H26N4O4/c16-3-1-7-20-11-15(13-22-9-5-18,14-23-10-6-19)12-21-8-2-4-17/h5,18H,1-2,6-14,19H2. The van der Waals surface area contributed by atoms with Gasteiger partial charge < -0.3 is 30.1 Å². The van der Waals surface area contributed by atoms with Crippen molar-refractivity contribution < 1.29 is 18.9 Å². The van der Waals surface area contributed by atoms with E-state index < -0.39 is 5.41 Å². The Hall–Kier alpha value is -1.55. The zero-order valence-corrected chi connectivity index (χ0v) is 13.5. The topological polar surface area (TPSA) is 134 Å². The van der Waals surface area contributed by atoms with Crippen molar-refractivity contribution >= 4 is 6.21 Å². The van der Waals surface area contributed by atoms with Crippen molar-refractivity contribution in [3.05, 3.63) is 0 Å². The normalized spacial score (nSPS) is 10.9. The highest BCUT2D eigenvalue weighted by Gasteiger charge is 2.32. The molecule has 0 amide bonds. The minimum Gasteiger partial charge on any atom is -0.380 e. The molecule has 8 heteroatoms. The maximum Gasteiger partial charge on any atom is 0.0811 e. The second kappa shape index (κ2) is 15.3. The molecule has 0 radical (unpaired) electrons. The SMILES string of the molecule is N#CCCOCC(COCC=N)(COCCN)COCCC#N. The molecule has 0 spiro atoms. The Bertz CT molecular complexity index is 357. The van der Waals surface area contributed by atoms with E-state index in [9.17, 15) is 0 Å². The van der Waals surface area contributed by atoms with E-state index in [4.69, 9.17) is 40.6 Å². The lowest BCUT2D eigenvalue weighted by atomic mass is 9.92. The van der Waals surface area contributed by atoms with Gasteiger partial charge in [-0.15, -0.1) is 0 Å². The molecule has 0 aromatic carbocycles. The molecule has 0 unspecified atom stereocenters. The van der Waals surface area contributed by atoms with Crippen molar-refractivity contribution in [2.24, 2.45) is 11.1 Å². The quantitative estimate of drug-likeness (QED) is 0.311. The van der Waals surface area contributed by atoms with Gasteiger partial charge in [-0.1, -0.05) is 0 Å². The van der Waals surface area contributed by atoms with Gasteiger partial charge >= 0.3 is 0 Å². The largest absolute Gasteiger partial charge is 0.380 e. The van der Waals surface area contributed by atoms with Crippen LogP contribution >= 0.6 is 0 Å². The summed E-state index contributed by atoms with van der Waals surface area (Å²) in [5.74, 6) is 0. The fraction of sp³-hybridized carbons (Fsp3) is 0.800. The number of rotatable bonds is 16. The Morgan fingerprint density at radius 2 is 1.35 bits per heavy atom. The van der Waals surface area contributed by atoms with Gasteiger partial charge in [0.2, 0.25) is 0 Å². The van der Waals surface area contributed by atoms with Crippen LogP contribution in [0.3, 0.4) is 0 Å². The Labute approximate surface area is 137 Å². The third kappa shape index (κ3) is 11.6. The molecular formula is C15H26N4O4. The maximum atomic E-state index is 8.57. The molecule has 0 rings (SSSR count). The molecule has 0 aliphatic heterocycles. The molecule has 3 N–H and O–H groups in total. The van der Waals surface area contributed by atoms with Gasteiger partial charge in [0.1, 0.15) is 0 Å². The van der Waals surface area contributed by atoms with Crippen molar-refractivity contribution in [2.75, 3.05) is 59.4 Å². The van der Waals surface area contributed by atoms with Crippen LogP contribution in [0.15, 0.2) is 0 Å². The summed E-state index contributed by atoms with van der Waals surface area (Å²) in [6.45, 7) is 2.83. The zero-order valence-electron chi connectivity index (χ0n) is 13.5. The van der Waals surface area contributed by atoms with Crippen LogP contribution in [0.4, 0.5) is 0 Å². The number of ether oxygens (including phenoxy) is 4. The minimum absolute atomic E-state index is 0.190. The van der Waals surface area contributed by atoms with Crippen LogP contribution in [0.1, 0.15) is 12.8 Å². The van der Waals surface area contributed by atoms with Gasteiger partial charge in [-0.25, -0.2) is 0 Å². The first kappa shape index (κ1) is 21.4. The number of hydrogen-bond donors (Lipinski definition) is 2. The second-order valence-corrected chi connectivity index (χ2v) is 4.98. The Morgan fingerprint density at radius 1 is 0.870 bits per heavy atom. The highest BCUT2D eigenvalue weighted by Crippen LogP contribution is 2.21. The molecular weight excluding hydrogens is 300 g/mol. The molecule has 0 atom stereocenters. The number of nitriles is 2. The van der Waals surface area contributed by atoms with Gasteiger partial charge in [-0.05, 0) is 0 Å². The fourth-order valence-electron chi connectivity index (χ4n) is 1.77. The van der Waals surface area contributed by atoms with E-state index in [0.717, 1.165) is 0 Å². The van der Waals surface area contributed by atoms with Crippen LogP contribution in [0.2, 0.25) is 0 Å². The summed E-state index contributed by atoms with van der Waals surface area (Å²) < 4.78 is 22.1. The molecule has 0 fully saturated rings. The number of nitrogens with one attached hydrogen (secondary N) is 1. The van der Waals surface area contributed by atoms with Gasteiger partial charge in [-0.3, -0.25) is 0 Å². The third-order valence-corrected chi connectivity index (χ3v) is 2.81. The van der Waals surface area contributed by atoms with Gasteiger partial charge in [0, 0.05) is 12.8 Å². The lowest BCUT2D eigenvalue weighted by Crippen LogP contribution is -2.42. The van der Waals surface area contributed by atoms with E-state index in [1.165, 1.54) is 6.21 Å². The van der Waals surface area contributed by atoms with E-state index in [2.05, 4.69) is 0 Å². The average Bonchev–Trinajstić information content (AvgIpc) is 2.56. The Kier molecular flexibility index (Phi) is 14.3. The van der Waals surface area contributed by atoms with Crippen molar-refractivity contribution in [3.63, 3.8) is 0 Å². The molecule has 8 nitrogen and oxygen atoms in total. The lowest BCUT2D eigenvalue weighted by molar-refractivity contribution is -0.100. The van der Waals surface area contributed by atoms with Gasteiger partial charge in [-0.2, -0.15) is 10.5 Å². The average molecular weight is 326 g/mol. The fourth-order valence-corrected chi connectivity index (χ4v) is 1.77. The van der Waals surface area contributed by atoms with Gasteiger partial charge in [0.25, 0.3) is 0 Å². The zero-order chi connectivity index (χ0) is 17.2. The summed E-state index contributed by atoms with van der Waals surface area (Å²) in [5, 5.41) is 24.2. The number of hydrogen-bond acceptors (Lipinski definition) is 8. The molecule has 0 aliphatic rings. The smallest absolute Gasteiger partial charge is 0.0811 e. The maximum absolute atomic E-state index is 8.57. The van der Waals surface area contributed by atoms with Crippen molar-refractivity contribution in [1.29, 1.82) is 15.9 Å². The molecule has 23 heavy (non-hydrogen) atoms. The Morgan fingerprint density at radius 3 is 1.78 bits per heavy atom. The van der Waals surface area contributed by atoms with Gasteiger partial charge in [0.05, 0.1) is 83.3 Å². The second-order valence-electron chi connectivity index (χ2n) is 4.98. The lowest BCUT2D eigenvalue weighted by Gasteiger charge is -2.32. The van der Waals surface area contributed by atoms with Crippen molar-refractivity contribution in [2.45, 2.75) is 12.8 Å². The van der Waals surface area contributed by atoms with E-state index in [0.29, 0.717) is 59.0 Å². The molecule has 0 heterocycles. The van der Waals surface area contributed by atoms with Gasteiger partial charge in [0.15, 0.2) is 0 Å². The molecule has 0 saturated carbocycles. The van der Waals surface area contributed by atoms with E-state index in [1.54, 1.807) is 0 Å². The summed E-state index contributed by atoms with van der Waals surface area (Å²) >= 11 is 0. The monoisotopic (exact) mass is 326 g/mol. The summed E-state index contributed by atoms with van der Waals surface area (Å²) in [4.78, 5) is 0. The first-order valence-corrected chi connectivity index (χ1v) is 7.48. The summed E-state index contributed by atoms with van der Waals surface area (Å²) in [7, 11) is 0. The highest BCUT2D eigenvalue weighted by molar-refractivity contribution is 5.54. The van der Waals surface area contributed by atoms with E-state index in [1.807, 2.05) is 12.1 Å². The van der Waals surface area contributed by atoms with Crippen molar-refractivity contribution in [1.82, 2.24) is 0 Å². The summed E-state index contributed by atoms with van der Waals surface area (Å²) in [6.07, 6.45) is 1.77. The van der Waals surface area contributed by atoms with E-state index >= 15 is 0 Å². The molecule has 0 aromatic rings. The predicted octanol–water partition coefficient (Wildman–Crippen LogP) is 0.475. The van der Waals surface area contributed by atoms with Crippen LogP contribution in [0.25, 0.3) is 0 Å². The summed E-state index contributed by atoms with van der Waals surface area (Å²) in [5.41, 5.74) is 4.87. The first-order valence-electron chi connectivity index (χ1n) is 7.48. The predicted molar refractivity (Wildman–Crippen MR) is 84.0 cm³/mol. The summed E-state index contributed by atoms with van der Waals surface area (Å²) in [6, 6.07) is 4.03. The number of nitrogens with zero attached hydrogens (tertiary/aromatic N) is 2. The van der Waals surface area contributed by atoms with Crippen LogP contribution in [0.5, 0.6) is 0 Å². The molecule has 0 aliphatic carbocycles. The molecule has 130 valence electrons. The molecule has 0 aromatic heterocycles. The van der Waals surface area contributed by atoms with Crippen LogP contribution in [-0.2, 0) is 18.9 Å². The van der Waals surface area contributed by atoms with Crippen molar-refractivity contribution in [3.8, 4) is 12.1 Å². The van der Waals surface area contributed by atoms with Crippen LogP contribution < -0.4 is 5.73 Å². The van der Waals surface area contributed by atoms with Crippen LogP contribution in [-0.4, -0.2) is 65.6 Å².